The van der Waals surface area contributed by atoms with Crippen LogP contribution in [-0.2, 0) is 11.3 Å². The SMILES string of the molecule is COc1cc(/C=C/COCc2ccc3c(c2)OCO3)ccc1O. The summed E-state index contributed by atoms with van der Waals surface area (Å²) in [4.78, 5) is 0. The van der Waals surface area contributed by atoms with Gasteiger partial charge in [0.15, 0.2) is 23.0 Å². The molecule has 5 heteroatoms. The highest BCUT2D eigenvalue weighted by atomic mass is 16.7. The fourth-order valence-corrected chi connectivity index (χ4v) is 2.26. The minimum absolute atomic E-state index is 0.128. The van der Waals surface area contributed by atoms with Gasteiger partial charge in [-0.2, -0.15) is 0 Å². The minimum Gasteiger partial charge on any atom is -0.504 e. The molecule has 0 radical (unpaired) electrons. The maximum atomic E-state index is 9.54. The number of phenols is 1. The van der Waals surface area contributed by atoms with Gasteiger partial charge in [0.1, 0.15) is 0 Å². The number of ether oxygens (including phenoxy) is 4. The maximum absolute atomic E-state index is 9.54. The summed E-state index contributed by atoms with van der Waals surface area (Å²) >= 11 is 0. The van der Waals surface area contributed by atoms with Crippen molar-refractivity contribution in [3.8, 4) is 23.0 Å². The van der Waals surface area contributed by atoms with Gasteiger partial charge < -0.3 is 24.1 Å². The van der Waals surface area contributed by atoms with Crippen molar-refractivity contribution in [1.29, 1.82) is 0 Å². The van der Waals surface area contributed by atoms with Crippen LogP contribution in [0.4, 0.5) is 0 Å². The molecule has 0 atom stereocenters. The highest BCUT2D eigenvalue weighted by Gasteiger charge is 2.12. The molecule has 0 fully saturated rings. The normalized spacial score (nSPS) is 12.7. The topological polar surface area (TPSA) is 57.2 Å². The first kappa shape index (κ1) is 15.2. The third kappa shape index (κ3) is 3.76. The van der Waals surface area contributed by atoms with E-state index in [-0.39, 0.29) is 12.5 Å². The summed E-state index contributed by atoms with van der Waals surface area (Å²) in [7, 11) is 1.52. The summed E-state index contributed by atoms with van der Waals surface area (Å²) in [5.74, 6) is 2.12. The average Bonchev–Trinajstić information content (AvgIpc) is 3.03. The van der Waals surface area contributed by atoms with E-state index in [2.05, 4.69) is 0 Å². The molecule has 3 rings (SSSR count). The molecule has 0 aromatic heterocycles. The summed E-state index contributed by atoms with van der Waals surface area (Å²) in [6.45, 7) is 1.26. The molecule has 1 heterocycles. The first-order valence-corrected chi connectivity index (χ1v) is 7.26. The molecule has 0 amide bonds. The van der Waals surface area contributed by atoms with Crippen molar-refractivity contribution in [2.75, 3.05) is 20.5 Å². The van der Waals surface area contributed by atoms with Gasteiger partial charge in [0.25, 0.3) is 0 Å². The Labute approximate surface area is 134 Å². The summed E-state index contributed by atoms with van der Waals surface area (Å²) in [6.07, 6.45) is 3.83. The zero-order valence-electron chi connectivity index (χ0n) is 12.8. The van der Waals surface area contributed by atoms with Gasteiger partial charge in [0.2, 0.25) is 6.79 Å². The molecule has 2 aromatic carbocycles. The number of hydrogen-bond donors (Lipinski definition) is 1. The Kier molecular flexibility index (Phi) is 4.68. The minimum atomic E-state index is 0.128. The number of aromatic hydroxyl groups is 1. The van der Waals surface area contributed by atoms with Crippen molar-refractivity contribution in [3.05, 3.63) is 53.6 Å². The third-order valence-corrected chi connectivity index (χ3v) is 3.43. The molecule has 1 aliphatic rings. The predicted octanol–water partition coefficient (Wildman–Crippen LogP) is 3.36. The van der Waals surface area contributed by atoms with Gasteiger partial charge in [-0.15, -0.1) is 0 Å². The maximum Gasteiger partial charge on any atom is 0.231 e. The number of rotatable bonds is 6. The van der Waals surface area contributed by atoms with Gasteiger partial charge in [0, 0.05) is 0 Å². The summed E-state index contributed by atoms with van der Waals surface area (Å²) < 4.78 is 21.3. The number of benzene rings is 2. The number of phenolic OH excluding ortho intramolecular Hbond substituents is 1. The number of methoxy groups -OCH3 is 1. The predicted molar refractivity (Wildman–Crippen MR) is 85.9 cm³/mol. The van der Waals surface area contributed by atoms with Crippen LogP contribution < -0.4 is 14.2 Å². The Morgan fingerprint density at radius 2 is 2.00 bits per heavy atom. The molecule has 0 saturated heterocycles. The van der Waals surface area contributed by atoms with E-state index < -0.39 is 0 Å². The van der Waals surface area contributed by atoms with Crippen LogP contribution >= 0.6 is 0 Å². The molecule has 1 N–H and O–H groups in total. The van der Waals surface area contributed by atoms with Crippen LogP contribution in [0.5, 0.6) is 23.0 Å². The largest absolute Gasteiger partial charge is 0.504 e. The molecular weight excluding hydrogens is 296 g/mol. The van der Waals surface area contributed by atoms with E-state index in [0.29, 0.717) is 19.0 Å². The number of fused-ring (bicyclic) bond motifs is 1. The lowest BCUT2D eigenvalue weighted by Crippen LogP contribution is -1.93. The van der Waals surface area contributed by atoms with Gasteiger partial charge in [-0.3, -0.25) is 0 Å². The first-order valence-electron chi connectivity index (χ1n) is 7.26. The molecule has 0 bridgehead atoms. The molecule has 0 spiro atoms. The van der Waals surface area contributed by atoms with Gasteiger partial charge in [-0.1, -0.05) is 24.3 Å². The highest BCUT2D eigenvalue weighted by molar-refractivity contribution is 5.55. The lowest BCUT2D eigenvalue weighted by atomic mass is 10.2. The van der Waals surface area contributed by atoms with Gasteiger partial charge in [-0.25, -0.2) is 0 Å². The van der Waals surface area contributed by atoms with Crippen molar-refractivity contribution in [2.45, 2.75) is 6.61 Å². The van der Waals surface area contributed by atoms with Crippen LogP contribution in [0.25, 0.3) is 6.08 Å². The first-order chi connectivity index (χ1) is 11.3. The Morgan fingerprint density at radius 1 is 1.13 bits per heavy atom. The molecule has 5 nitrogen and oxygen atoms in total. The second-order valence-corrected chi connectivity index (χ2v) is 5.04. The summed E-state index contributed by atoms with van der Waals surface area (Å²) in [5, 5.41) is 9.54. The summed E-state index contributed by atoms with van der Waals surface area (Å²) in [6, 6.07) is 11.0. The van der Waals surface area contributed by atoms with Crippen LogP contribution in [0, 0.1) is 0 Å². The molecule has 0 saturated carbocycles. The van der Waals surface area contributed by atoms with Crippen molar-refractivity contribution < 1.29 is 24.1 Å². The van der Waals surface area contributed by atoms with E-state index in [1.165, 1.54) is 7.11 Å². The van der Waals surface area contributed by atoms with E-state index in [9.17, 15) is 5.11 Å². The Morgan fingerprint density at radius 3 is 2.87 bits per heavy atom. The van der Waals surface area contributed by atoms with Gasteiger partial charge in [-0.05, 0) is 35.4 Å². The Hall–Kier alpha value is -2.66. The second-order valence-electron chi connectivity index (χ2n) is 5.04. The smallest absolute Gasteiger partial charge is 0.231 e. The van der Waals surface area contributed by atoms with Crippen molar-refractivity contribution in [1.82, 2.24) is 0 Å². The van der Waals surface area contributed by atoms with Crippen LogP contribution in [0.15, 0.2) is 42.5 Å². The lowest BCUT2D eigenvalue weighted by Gasteiger charge is -2.04. The highest BCUT2D eigenvalue weighted by Crippen LogP contribution is 2.32. The lowest BCUT2D eigenvalue weighted by molar-refractivity contribution is 0.148. The van der Waals surface area contributed by atoms with Crippen molar-refractivity contribution in [2.24, 2.45) is 0 Å². The van der Waals surface area contributed by atoms with E-state index in [1.807, 2.05) is 36.4 Å². The quantitative estimate of drug-likeness (QED) is 0.829. The van der Waals surface area contributed by atoms with E-state index in [0.717, 1.165) is 22.6 Å². The molecule has 2 aromatic rings. The molecule has 0 aliphatic carbocycles. The molecule has 120 valence electrons. The van der Waals surface area contributed by atoms with Gasteiger partial charge >= 0.3 is 0 Å². The fourth-order valence-electron chi connectivity index (χ4n) is 2.26. The van der Waals surface area contributed by atoms with Gasteiger partial charge in [0.05, 0.1) is 20.3 Å². The molecular formula is C18H18O5. The Balaban J connectivity index is 1.49. The number of hydrogen-bond acceptors (Lipinski definition) is 5. The Bertz CT molecular complexity index is 709. The van der Waals surface area contributed by atoms with E-state index in [1.54, 1.807) is 12.1 Å². The zero-order chi connectivity index (χ0) is 16.1. The van der Waals surface area contributed by atoms with E-state index in [4.69, 9.17) is 18.9 Å². The molecule has 0 unspecified atom stereocenters. The average molecular weight is 314 g/mol. The van der Waals surface area contributed by atoms with Crippen LogP contribution in [0.2, 0.25) is 0 Å². The summed E-state index contributed by atoms with van der Waals surface area (Å²) in [5.41, 5.74) is 1.97. The van der Waals surface area contributed by atoms with E-state index >= 15 is 0 Å². The van der Waals surface area contributed by atoms with Crippen LogP contribution in [0.3, 0.4) is 0 Å². The second kappa shape index (κ2) is 7.07. The van der Waals surface area contributed by atoms with Crippen molar-refractivity contribution in [3.63, 3.8) is 0 Å². The monoisotopic (exact) mass is 314 g/mol. The molecule has 23 heavy (non-hydrogen) atoms. The van der Waals surface area contributed by atoms with Crippen molar-refractivity contribution >= 4 is 6.08 Å². The molecule has 1 aliphatic heterocycles. The standard InChI is InChI=1S/C18H18O5/c1-20-17-9-13(4-6-15(17)19)3-2-8-21-11-14-5-7-16-18(10-14)23-12-22-16/h2-7,9-10,19H,8,11-12H2,1H3/b3-2+. The zero-order valence-corrected chi connectivity index (χ0v) is 12.8. The third-order valence-electron chi connectivity index (χ3n) is 3.43. The van der Waals surface area contributed by atoms with Crippen LogP contribution in [0.1, 0.15) is 11.1 Å². The van der Waals surface area contributed by atoms with Crippen LogP contribution in [-0.4, -0.2) is 25.6 Å². The fraction of sp³-hybridized carbons (Fsp3) is 0.222.